The summed E-state index contributed by atoms with van der Waals surface area (Å²) < 4.78 is 0. The minimum atomic E-state index is -0.208. The van der Waals surface area contributed by atoms with Crippen molar-refractivity contribution in [2.45, 2.75) is 4.84 Å². The molecule has 0 aliphatic rings. The van der Waals surface area contributed by atoms with Crippen molar-refractivity contribution in [2.75, 3.05) is 6.16 Å². The van der Waals surface area contributed by atoms with Gasteiger partial charge in [-0.25, -0.2) is 0 Å². The van der Waals surface area contributed by atoms with E-state index in [-0.39, 0.29) is 4.84 Å². The third kappa shape index (κ3) is 5.01. The predicted molar refractivity (Wildman–Crippen MR) is 30.1 cm³/mol. The van der Waals surface area contributed by atoms with Crippen LogP contribution in [0.4, 0.5) is 0 Å². The summed E-state index contributed by atoms with van der Waals surface area (Å²) in [5, 5.41) is 0. The first-order valence-electron chi connectivity index (χ1n) is 1.25. The molecule has 0 aromatic rings. The van der Waals surface area contributed by atoms with Crippen molar-refractivity contribution in [3.05, 3.63) is 0 Å². The van der Waals surface area contributed by atoms with Crippen LogP contribution in [0.15, 0.2) is 0 Å². The molecule has 0 N–H and O–H groups in total. The molecule has 5 heavy (non-hydrogen) atoms. The molecule has 0 aliphatic heterocycles. The maximum Gasteiger partial charge on any atom is 0.111 e. The van der Waals surface area contributed by atoms with E-state index in [0.29, 0.717) is 0 Å². The van der Waals surface area contributed by atoms with Gasteiger partial charge < -0.3 is 0 Å². The van der Waals surface area contributed by atoms with E-state index in [4.69, 9.17) is 23.2 Å². The van der Waals surface area contributed by atoms with Crippen LogP contribution >= 0.6 is 32.4 Å². The topological polar surface area (TPSA) is 0 Å². The Bertz CT molecular complexity index is 21.6. The van der Waals surface area contributed by atoms with Gasteiger partial charge in [-0.1, -0.05) is 0 Å². The standard InChI is InChI=1S/C2H5Cl2P/c3-2(4)1-5/h2H,1,5H2. The molecule has 0 fully saturated rings. The molecule has 1 atom stereocenters. The molecular formula is C2H5Cl2P. The van der Waals surface area contributed by atoms with Gasteiger partial charge in [-0.2, -0.15) is 0 Å². The van der Waals surface area contributed by atoms with Gasteiger partial charge in [0.1, 0.15) is 4.84 Å². The Labute approximate surface area is 44.0 Å². The zero-order chi connectivity index (χ0) is 4.28. The van der Waals surface area contributed by atoms with E-state index in [1.54, 1.807) is 0 Å². The molecule has 0 radical (unpaired) electrons. The van der Waals surface area contributed by atoms with Crippen LogP contribution in [0.2, 0.25) is 0 Å². The Kier molecular flexibility index (Phi) is 3.86. The smallest absolute Gasteiger partial charge is 0.111 e. The average Bonchev–Trinajstić information content (AvgIpc) is 1.38. The van der Waals surface area contributed by atoms with Crippen LogP contribution < -0.4 is 0 Å². The Balaban J connectivity index is 2.54. The molecule has 0 nitrogen and oxygen atoms in total. The lowest BCUT2D eigenvalue weighted by Crippen LogP contribution is -1.81. The summed E-state index contributed by atoms with van der Waals surface area (Å²) >= 11 is 10.4. The Morgan fingerprint density at radius 3 is 1.80 bits per heavy atom. The van der Waals surface area contributed by atoms with Crippen molar-refractivity contribution >= 4 is 32.4 Å². The summed E-state index contributed by atoms with van der Waals surface area (Å²) in [4.78, 5) is -0.208. The van der Waals surface area contributed by atoms with Gasteiger partial charge in [0, 0.05) is 0 Å². The van der Waals surface area contributed by atoms with Crippen LogP contribution in [0, 0.1) is 0 Å². The average molecular weight is 131 g/mol. The van der Waals surface area contributed by atoms with E-state index in [2.05, 4.69) is 9.24 Å². The lowest BCUT2D eigenvalue weighted by atomic mass is 10.9. The molecule has 0 saturated carbocycles. The molecule has 0 heterocycles. The van der Waals surface area contributed by atoms with Gasteiger partial charge >= 0.3 is 0 Å². The highest BCUT2D eigenvalue weighted by molar-refractivity contribution is 7.17. The fourth-order valence-corrected chi connectivity index (χ4v) is 0. The summed E-state index contributed by atoms with van der Waals surface area (Å²) in [5.74, 6) is 0. The van der Waals surface area contributed by atoms with Crippen molar-refractivity contribution in [3.8, 4) is 0 Å². The first-order chi connectivity index (χ1) is 2.27. The molecule has 0 aliphatic carbocycles. The molecule has 0 rings (SSSR count). The third-order valence-electron chi connectivity index (χ3n) is 0.178. The van der Waals surface area contributed by atoms with Gasteiger partial charge in [-0.3, -0.25) is 0 Å². The molecule has 0 saturated heterocycles. The number of hydrogen-bond acceptors (Lipinski definition) is 0. The van der Waals surface area contributed by atoms with Gasteiger partial charge in [0.25, 0.3) is 0 Å². The summed E-state index contributed by atoms with van der Waals surface area (Å²) in [5.41, 5.74) is 0. The van der Waals surface area contributed by atoms with Crippen LogP contribution in [0.5, 0.6) is 0 Å². The van der Waals surface area contributed by atoms with E-state index in [1.165, 1.54) is 0 Å². The predicted octanol–water partition coefficient (Wildman–Crippen LogP) is 1.67. The molecule has 0 amide bonds. The Morgan fingerprint density at radius 2 is 1.80 bits per heavy atom. The highest BCUT2D eigenvalue weighted by Crippen LogP contribution is 2.03. The van der Waals surface area contributed by atoms with Gasteiger partial charge in [-0.15, -0.1) is 32.4 Å². The summed E-state index contributed by atoms with van der Waals surface area (Å²) in [6.45, 7) is 0. The monoisotopic (exact) mass is 130 g/mol. The summed E-state index contributed by atoms with van der Waals surface area (Å²) in [6, 6.07) is 0. The Hall–Kier alpha value is 1.01. The maximum absolute atomic E-state index is 5.21. The second kappa shape index (κ2) is 3.21. The van der Waals surface area contributed by atoms with Gasteiger partial charge in [0.2, 0.25) is 0 Å². The molecule has 3 heteroatoms. The maximum atomic E-state index is 5.21. The molecule has 0 bridgehead atoms. The van der Waals surface area contributed by atoms with Crippen molar-refractivity contribution in [1.82, 2.24) is 0 Å². The minimum Gasteiger partial charge on any atom is -0.135 e. The lowest BCUT2D eigenvalue weighted by molar-refractivity contribution is 1.42. The zero-order valence-corrected chi connectivity index (χ0v) is 5.28. The molecule has 1 unspecified atom stereocenters. The molecule has 0 spiro atoms. The van der Waals surface area contributed by atoms with Crippen molar-refractivity contribution in [3.63, 3.8) is 0 Å². The number of rotatable bonds is 1. The van der Waals surface area contributed by atoms with Crippen molar-refractivity contribution in [1.29, 1.82) is 0 Å². The molecule has 0 aromatic carbocycles. The molecule has 32 valence electrons. The van der Waals surface area contributed by atoms with Crippen molar-refractivity contribution in [2.24, 2.45) is 0 Å². The Morgan fingerprint density at radius 1 is 1.60 bits per heavy atom. The fraction of sp³-hybridized carbons (Fsp3) is 1.00. The zero-order valence-electron chi connectivity index (χ0n) is 2.62. The second-order valence-electron chi connectivity index (χ2n) is 0.627. The number of hydrogen-bond donors (Lipinski definition) is 0. The van der Waals surface area contributed by atoms with E-state index in [9.17, 15) is 0 Å². The van der Waals surface area contributed by atoms with Crippen LogP contribution in [-0.2, 0) is 0 Å². The van der Waals surface area contributed by atoms with Crippen LogP contribution in [0.3, 0.4) is 0 Å². The third-order valence-corrected chi connectivity index (χ3v) is 1.60. The second-order valence-corrected chi connectivity index (χ2v) is 2.38. The minimum absolute atomic E-state index is 0.208. The van der Waals surface area contributed by atoms with E-state index >= 15 is 0 Å². The largest absolute Gasteiger partial charge is 0.135 e. The van der Waals surface area contributed by atoms with Crippen LogP contribution in [-0.4, -0.2) is 11.0 Å². The quantitative estimate of drug-likeness (QED) is 0.375. The highest BCUT2D eigenvalue weighted by atomic mass is 35.5. The number of alkyl halides is 2. The van der Waals surface area contributed by atoms with Gasteiger partial charge in [-0.05, 0) is 6.16 Å². The van der Waals surface area contributed by atoms with Crippen molar-refractivity contribution < 1.29 is 0 Å². The summed E-state index contributed by atoms with van der Waals surface area (Å²) in [7, 11) is 2.43. The fourth-order valence-electron chi connectivity index (χ4n) is 0. The van der Waals surface area contributed by atoms with E-state index < -0.39 is 0 Å². The normalized spacial score (nSPS) is 9.60. The highest BCUT2D eigenvalue weighted by Gasteiger charge is 1.86. The van der Waals surface area contributed by atoms with E-state index in [0.717, 1.165) is 6.16 Å². The van der Waals surface area contributed by atoms with Crippen LogP contribution in [0.1, 0.15) is 0 Å². The molecule has 0 aromatic heterocycles. The first-order valence-corrected chi connectivity index (χ1v) is 2.94. The number of halogens is 2. The first kappa shape index (κ1) is 6.01. The molecular weight excluding hydrogens is 126 g/mol. The summed E-state index contributed by atoms with van der Waals surface area (Å²) in [6.07, 6.45) is 0.753. The van der Waals surface area contributed by atoms with E-state index in [1.807, 2.05) is 0 Å². The van der Waals surface area contributed by atoms with Gasteiger partial charge in [0.15, 0.2) is 0 Å². The van der Waals surface area contributed by atoms with Gasteiger partial charge in [0.05, 0.1) is 0 Å². The van der Waals surface area contributed by atoms with Crippen LogP contribution in [0.25, 0.3) is 0 Å². The lowest BCUT2D eigenvalue weighted by Gasteiger charge is -1.84. The SMILES string of the molecule is PCC(Cl)Cl.